The van der Waals surface area contributed by atoms with Crippen LogP contribution in [0.15, 0.2) is 18.2 Å². The van der Waals surface area contributed by atoms with Crippen LogP contribution < -0.4 is 16.0 Å². The Bertz CT molecular complexity index is 382. The number of hydrogen-bond acceptors (Lipinski definition) is 5. The van der Waals surface area contributed by atoms with Crippen molar-refractivity contribution in [3.63, 3.8) is 0 Å². The maximum Gasteiger partial charge on any atom is 0.123 e. The van der Waals surface area contributed by atoms with Crippen molar-refractivity contribution in [3.05, 3.63) is 23.8 Å². The van der Waals surface area contributed by atoms with Crippen LogP contribution in [0.3, 0.4) is 0 Å². The van der Waals surface area contributed by atoms with Gasteiger partial charge in [-0.15, -0.1) is 0 Å². The highest BCUT2D eigenvalue weighted by Gasteiger charge is 2.07. The number of hydrogen-bond donors (Lipinski definition) is 2. The molecule has 0 bridgehead atoms. The first-order valence-corrected chi connectivity index (χ1v) is 6.53. The summed E-state index contributed by atoms with van der Waals surface area (Å²) < 4.78 is 5.38. The van der Waals surface area contributed by atoms with Crippen molar-refractivity contribution in [2.75, 3.05) is 46.8 Å². The standard InChI is InChI=1S/C14H26N4O/c1-17(2)8-5-9-18(3)11-12-10-13(16-15)6-7-14(12)19-4/h6-7,10,16H,5,8-9,11,15H2,1-4H3. The van der Waals surface area contributed by atoms with Crippen molar-refractivity contribution < 1.29 is 4.74 Å². The zero-order valence-corrected chi connectivity index (χ0v) is 12.4. The molecule has 0 unspecified atom stereocenters. The molecule has 1 rings (SSSR count). The van der Waals surface area contributed by atoms with Crippen molar-refractivity contribution in [1.82, 2.24) is 9.80 Å². The minimum Gasteiger partial charge on any atom is -0.496 e. The molecule has 3 N–H and O–H groups in total. The lowest BCUT2D eigenvalue weighted by atomic mass is 10.1. The largest absolute Gasteiger partial charge is 0.496 e. The summed E-state index contributed by atoms with van der Waals surface area (Å²) in [5.41, 5.74) is 4.71. The van der Waals surface area contributed by atoms with Gasteiger partial charge in [-0.3, -0.25) is 5.84 Å². The highest BCUT2D eigenvalue weighted by Crippen LogP contribution is 2.23. The number of nitrogen functional groups attached to an aromatic ring is 1. The summed E-state index contributed by atoms with van der Waals surface area (Å²) in [5.74, 6) is 6.35. The number of rotatable bonds is 8. The molecule has 0 aliphatic carbocycles. The lowest BCUT2D eigenvalue weighted by Gasteiger charge is -2.20. The summed E-state index contributed by atoms with van der Waals surface area (Å²) in [4.78, 5) is 4.50. The van der Waals surface area contributed by atoms with Gasteiger partial charge in [0.25, 0.3) is 0 Å². The minimum absolute atomic E-state index is 0.853. The van der Waals surface area contributed by atoms with Crippen LogP contribution in [0.2, 0.25) is 0 Å². The topological polar surface area (TPSA) is 53.8 Å². The second kappa shape index (κ2) is 7.99. The molecule has 0 saturated heterocycles. The monoisotopic (exact) mass is 266 g/mol. The third kappa shape index (κ3) is 5.46. The van der Waals surface area contributed by atoms with E-state index in [4.69, 9.17) is 10.6 Å². The molecule has 108 valence electrons. The first-order chi connectivity index (χ1) is 9.06. The summed E-state index contributed by atoms with van der Waals surface area (Å²) in [6.45, 7) is 3.01. The third-order valence-corrected chi connectivity index (χ3v) is 3.03. The summed E-state index contributed by atoms with van der Waals surface area (Å²) in [5, 5.41) is 0. The molecule has 0 radical (unpaired) electrons. The summed E-state index contributed by atoms with van der Waals surface area (Å²) in [7, 11) is 8.01. The molecule has 0 heterocycles. The second-order valence-electron chi connectivity index (χ2n) is 5.07. The Morgan fingerprint density at radius 1 is 1.21 bits per heavy atom. The summed E-state index contributed by atoms with van der Waals surface area (Å²) in [6.07, 6.45) is 1.15. The maximum absolute atomic E-state index is 5.44. The van der Waals surface area contributed by atoms with Gasteiger partial charge in [0.15, 0.2) is 0 Å². The Morgan fingerprint density at radius 2 is 1.95 bits per heavy atom. The van der Waals surface area contributed by atoms with Crippen LogP contribution in [0.4, 0.5) is 5.69 Å². The minimum atomic E-state index is 0.853. The lowest BCUT2D eigenvalue weighted by Crippen LogP contribution is -2.23. The Labute approximate surface area is 116 Å². The summed E-state index contributed by atoms with van der Waals surface area (Å²) >= 11 is 0. The molecule has 0 saturated carbocycles. The predicted molar refractivity (Wildman–Crippen MR) is 80.3 cm³/mol. The molecule has 1 aromatic carbocycles. The van der Waals surface area contributed by atoms with Gasteiger partial charge in [-0.2, -0.15) is 0 Å². The third-order valence-electron chi connectivity index (χ3n) is 3.03. The number of benzene rings is 1. The van der Waals surface area contributed by atoms with Crippen LogP contribution in [0.5, 0.6) is 5.75 Å². The first-order valence-electron chi connectivity index (χ1n) is 6.53. The normalized spacial score (nSPS) is 11.1. The summed E-state index contributed by atoms with van der Waals surface area (Å²) in [6, 6.07) is 5.88. The van der Waals surface area contributed by atoms with E-state index in [-0.39, 0.29) is 0 Å². The number of nitrogens with two attached hydrogens (primary N) is 1. The molecular weight excluding hydrogens is 240 g/mol. The van der Waals surface area contributed by atoms with Crippen molar-refractivity contribution in [2.45, 2.75) is 13.0 Å². The van der Waals surface area contributed by atoms with Crippen molar-refractivity contribution in [1.29, 1.82) is 0 Å². The lowest BCUT2D eigenvalue weighted by molar-refractivity contribution is 0.289. The Hall–Kier alpha value is -1.30. The number of methoxy groups -OCH3 is 1. The Balaban J connectivity index is 2.58. The van der Waals surface area contributed by atoms with E-state index in [2.05, 4.69) is 36.4 Å². The zero-order chi connectivity index (χ0) is 14.3. The van der Waals surface area contributed by atoms with Gasteiger partial charge in [0, 0.05) is 17.8 Å². The SMILES string of the molecule is COc1ccc(NN)cc1CN(C)CCCN(C)C. The van der Waals surface area contributed by atoms with Crippen LogP contribution in [-0.4, -0.2) is 51.1 Å². The van der Waals surface area contributed by atoms with Crippen LogP contribution in [0.1, 0.15) is 12.0 Å². The number of nitrogens with one attached hydrogen (secondary N) is 1. The maximum atomic E-state index is 5.44. The number of nitrogens with zero attached hydrogens (tertiary/aromatic N) is 2. The van der Waals surface area contributed by atoms with Crippen molar-refractivity contribution in [3.8, 4) is 5.75 Å². The van der Waals surface area contributed by atoms with E-state index >= 15 is 0 Å². The molecule has 5 heteroatoms. The van der Waals surface area contributed by atoms with E-state index in [1.807, 2.05) is 18.2 Å². The molecule has 0 aromatic heterocycles. The van der Waals surface area contributed by atoms with Gasteiger partial charge < -0.3 is 20.0 Å². The van der Waals surface area contributed by atoms with Gasteiger partial charge >= 0.3 is 0 Å². The molecular formula is C14H26N4O. The fraction of sp³-hybridized carbons (Fsp3) is 0.571. The van der Waals surface area contributed by atoms with Gasteiger partial charge in [-0.25, -0.2) is 0 Å². The van der Waals surface area contributed by atoms with Crippen molar-refractivity contribution >= 4 is 5.69 Å². The molecule has 0 fully saturated rings. The average Bonchev–Trinajstić information content (AvgIpc) is 2.38. The van der Waals surface area contributed by atoms with Gasteiger partial charge in [-0.1, -0.05) is 0 Å². The number of anilines is 1. The number of ether oxygens (including phenoxy) is 1. The molecule has 0 aliphatic rings. The molecule has 5 nitrogen and oxygen atoms in total. The van der Waals surface area contributed by atoms with Gasteiger partial charge in [0.1, 0.15) is 5.75 Å². The second-order valence-corrected chi connectivity index (χ2v) is 5.07. The molecule has 0 atom stereocenters. The molecule has 19 heavy (non-hydrogen) atoms. The number of hydrazine groups is 1. The smallest absolute Gasteiger partial charge is 0.123 e. The Morgan fingerprint density at radius 3 is 2.53 bits per heavy atom. The fourth-order valence-corrected chi connectivity index (χ4v) is 2.02. The van der Waals surface area contributed by atoms with E-state index in [1.165, 1.54) is 0 Å². The van der Waals surface area contributed by atoms with E-state index in [9.17, 15) is 0 Å². The van der Waals surface area contributed by atoms with Crippen LogP contribution in [0, 0.1) is 0 Å². The molecule has 0 amide bonds. The first kappa shape index (κ1) is 15.8. The van der Waals surface area contributed by atoms with E-state index in [0.717, 1.165) is 43.1 Å². The fourth-order valence-electron chi connectivity index (χ4n) is 2.02. The molecule has 0 aliphatic heterocycles. The van der Waals surface area contributed by atoms with Crippen LogP contribution >= 0.6 is 0 Å². The van der Waals surface area contributed by atoms with Gasteiger partial charge in [0.2, 0.25) is 0 Å². The van der Waals surface area contributed by atoms with Gasteiger partial charge in [-0.05, 0) is 58.9 Å². The van der Waals surface area contributed by atoms with Crippen molar-refractivity contribution in [2.24, 2.45) is 5.84 Å². The van der Waals surface area contributed by atoms with Gasteiger partial charge in [0.05, 0.1) is 7.11 Å². The van der Waals surface area contributed by atoms with E-state index in [0.29, 0.717) is 0 Å². The van der Waals surface area contributed by atoms with E-state index in [1.54, 1.807) is 7.11 Å². The molecule has 1 aromatic rings. The average molecular weight is 266 g/mol. The highest BCUT2D eigenvalue weighted by molar-refractivity contribution is 5.50. The quantitative estimate of drug-likeness (QED) is 0.550. The zero-order valence-electron chi connectivity index (χ0n) is 12.4. The van der Waals surface area contributed by atoms with E-state index < -0.39 is 0 Å². The highest BCUT2D eigenvalue weighted by atomic mass is 16.5. The predicted octanol–water partition coefficient (Wildman–Crippen LogP) is 1.36. The van der Waals surface area contributed by atoms with Crippen LogP contribution in [-0.2, 0) is 6.54 Å². The Kier molecular flexibility index (Phi) is 6.62. The van der Waals surface area contributed by atoms with Crippen LogP contribution in [0.25, 0.3) is 0 Å². The molecule has 0 spiro atoms.